The minimum atomic E-state index is -3.45. The van der Waals surface area contributed by atoms with Gasteiger partial charge in [-0.25, -0.2) is 13.1 Å². The molecule has 1 aromatic carbocycles. The van der Waals surface area contributed by atoms with Gasteiger partial charge < -0.3 is 0 Å². The van der Waals surface area contributed by atoms with Gasteiger partial charge in [0.1, 0.15) is 6.33 Å². The van der Waals surface area contributed by atoms with Crippen LogP contribution in [0.1, 0.15) is 38.5 Å². The van der Waals surface area contributed by atoms with Crippen molar-refractivity contribution in [2.75, 3.05) is 6.54 Å². The van der Waals surface area contributed by atoms with E-state index in [1.165, 1.54) is 17.4 Å². The third-order valence-corrected chi connectivity index (χ3v) is 7.19. The fourth-order valence-electron chi connectivity index (χ4n) is 4.06. The average Bonchev–Trinajstić information content (AvgIpc) is 3.16. The molecule has 4 rings (SSSR count). The highest BCUT2D eigenvalue weighted by molar-refractivity contribution is 7.89. The van der Waals surface area contributed by atoms with Crippen LogP contribution in [-0.4, -0.2) is 45.5 Å². The van der Waals surface area contributed by atoms with Crippen LogP contribution in [0.2, 0.25) is 0 Å². The molecule has 0 radical (unpaired) electrons. The SMILES string of the molecule is O=S(=O)(c1ccc(-n2cnnn2)cc1)N1CCC[C@H]2CCCC[C@H]21. The number of benzene rings is 1. The zero-order valence-corrected chi connectivity index (χ0v) is 14.3. The Bertz CT molecular complexity index is 786. The number of rotatable bonds is 3. The van der Waals surface area contributed by atoms with E-state index >= 15 is 0 Å². The highest BCUT2D eigenvalue weighted by Gasteiger charge is 2.39. The van der Waals surface area contributed by atoms with Gasteiger partial charge in [0.25, 0.3) is 0 Å². The molecule has 2 heterocycles. The van der Waals surface area contributed by atoms with Gasteiger partial charge in [0.05, 0.1) is 10.6 Å². The Hall–Kier alpha value is -1.80. The summed E-state index contributed by atoms with van der Waals surface area (Å²) in [6.45, 7) is 0.637. The molecule has 0 bridgehead atoms. The summed E-state index contributed by atoms with van der Waals surface area (Å²) in [6, 6.07) is 6.96. The number of hydrogen-bond acceptors (Lipinski definition) is 5. The monoisotopic (exact) mass is 347 g/mol. The van der Waals surface area contributed by atoms with Crippen LogP contribution in [0.3, 0.4) is 0 Å². The van der Waals surface area contributed by atoms with Gasteiger partial charge in [0.2, 0.25) is 10.0 Å². The van der Waals surface area contributed by atoms with Crippen molar-refractivity contribution in [3.8, 4) is 5.69 Å². The summed E-state index contributed by atoms with van der Waals surface area (Å²) in [5.74, 6) is 0.530. The van der Waals surface area contributed by atoms with Gasteiger partial charge in [0, 0.05) is 12.6 Å². The second-order valence-electron chi connectivity index (χ2n) is 6.62. The first-order chi connectivity index (χ1) is 11.7. The van der Waals surface area contributed by atoms with Crippen LogP contribution in [-0.2, 0) is 10.0 Å². The normalized spacial score (nSPS) is 25.3. The van der Waals surface area contributed by atoms with E-state index in [4.69, 9.17) is 0 Å². The number of fused-ring (bicyclic) bond motifs is 1. The highest BCUT2D eigenvalue weighted by atomic mass is 32.2. The molecule has 2 aliphatic rings. The van der Waals surface area contributed by atoms with E-state index < -0.39 is 10.0 Å². The predicted molar refractivity (Wildman–Crippen MR) is 88.0 cm³/mol. The van der Waals surface area contributed by atoms with Gasteiger partial charge in [-0.2, -0.15) is 4.31 Å². The van der Waals surface area contributed by atoms with Gasteiger partial charge in [-0.15, -0.1) is 5.10 Å². The van der Waals surface area contributed by atoms with E-state index in [1.54, 1.807) is 28.6 Å². The Kier molecular flexibility index (Phi) is 4.09. The maximum atomic E-state index is 13.1. The standard InChI is InChI=1S/C16H21N5O2S/c22-24(23,21-11-3-5-13-4-1-2-6-16(13)21)15-9-7-14(8-10-15)20-12-17-18-19-20/h7-10,12-13,16H,1-6,11H2/t13-,16-/m1/s1. The van der Waals surface area contributed by atoms with E-state index in [1.807, 2.05) is 0 Å². The van der Waals surface area contributed by atoms with Crippen molar-refractivity contribution in [2.45, 2.75) is 49.5 Å². The third-order valence-electron chi connectivity index (χ3n) is 5.25. The molecule has 1 saturated carbocycles. The molecule has 8 heteroatoms. The van der Waals surface area contributed by atoms with Crippen molar-refractivity contribution < 1.29 is 8.42 Å². The fourth-order valence-corrected chi connectivity index (χ4v) is 5.82. The number of hydrogen-bond donors (Lipinski definition) is 0. The molecule has 0 amide bonds. The number of nitrogens with zero attached hydrogens (tertiary/aromatic N) is 5. The molecule has 1 aliphatic carbocycles. The molecule has 0 unspecified atom stereocenters. The molecule has 1 saturated heterocycles. The van der Waals surface area contributed by atoms with Crippen LogP contribution in [0.5, 0.6) is 0 Å². The molecular formula is C16H21N5O2S. The molecule has 0 N–H and O–H groups in total. The van der Waals surface area contributed by atoms with Crippen molar-refractivity contribution in [3.63, 3.8) is 0 Å². The van der Waals surface area contributed by atoms with Gasteiger partial charge >= 0.3 is 0 Å². The van der Waals surface area contributed by atoms with E-state index in [-0.39, 0.29) is 6.04 Å². The van der Waals surface area contributed by atoms with Crippen LogP contribution in [0.4, 0.5) is 0 Å². The van der Waals surface area contributed by atoms with Crippen LogP contribution < -0.4 is 0 Å². The van der Waals surface area contributed by atoms with Gasteiger partial charge in [-0.3, -0.25) is 0 Å². The first-order valence-corrected chi connectivity index (χ1v) is 9.95. The summed E-state index contributed by atoms with van der Waals surface area (Å²) in [6.07, 6.45) is 8.13. The summed E-state index contributed by atoms with van der Waals surface area (Å²) < 4.78 is 29.5. The lowest BCUT2D eigenvalue weighted by Crippen LogP contribution is -2.49. The summed E-state index contributed by atoms with van der Waals surface area (Å²) >= 11 is 0. The largest absolute Gasteiger partial charge is 0.243 e. The maximum Gasteiger partial charge on any atom is 0.243 e. The van der Waals surface area contributed by atoms with E-state index in [9.17, 15) is 8.42 Å². The smallest absolute Gasteiger partial charge is 0.207 e. The predicted octanol–water partition coefficient (Wildman–Crippen LogP) is 2.01. The van der Waals surface area contributed by atoms with Crippen LogP contribution in [0.15, 0.2) is 35.5 Å². The summed E-state index contributed by atoms with van der Waals surface area (Å²) in [5.41, 5.74) is 0.744. The quantitative estimate of drug-likeness (QED) is 0.848. The molecule has 2 aromatic rings. The molecule has 7 nitrogen and oxygen atoms in total. The lowest BCUT2D eigenvalue weighted by Gasteiger charge is -2.43. The van der Waals surface area contributed by atoms with Crippen LogP contribution in [0.25, 0.3) is 5.69 Å². The molecule has 1 aliphatic heterocycles. The first kappa shape index (κ1) is 15.7. The van der Waals surface area contributed by atoms with Gasteiger partial charge in [-0.05, 0) is 66.3 Å². The Morgan fingerprint density at radius 1 is 1.00 bits per heavy atom. The van der Waals surface area contributed by atoms with E-state index in [0.717, 1.165) is 37.8 Å². The first-order valence-electron chi connectivity index (χ1n) is 8.51. The lowest BCUT2D eigenvalue weighted by molar-refractivity contribution is 0.129. The summed E-state index contributed by atoms with van der Waals surface area (Å²) in [7, 11) is -3.45. The summed E-state index contributed by atoms with van der Waals surface area (Å²) in [4.78, 5) is 0.352. The van der Waals surface area contributed by atoms with Crippen molar-refractivity contribution in [2.24, 2.45) is 5.92 Å². The number of piperidine rings is 1. The van der Waals surface area contributed by atoms with Crippen molar-refractivity contribution in [1.82, 2.24) is 24.5 Å². The van der Waals surface area contributed by atoms with Crippen LogP contribution >= 0.6 is 0 Å². The third kappa shape index (κ3) is 2.73. The molecule has 2 atom stereocenters. The van der Waals surface area contributed by atoms with Gasteiger partial charge in [0.15, 0.2) is 0 Å². The number of tetrazole rings is 1. The molecule has 2 fully saturated rings. The lowest BCUT2D eigenvalue weighted by atomic mass is 9.79. The van der Waals surface area contributed by atoms with E-state index in [0.29, 0.717) is 17.4 Å². The zero-order valence-electron chi connectivity index (χ0n) is 13.5. The number of aromatic nitrogens is 4. The zero-order chi connectivity index (χ0) is 16.6. The Morgan fingerprint density at radius 3 is 2.50 bits per heavy atom. The number of sulfonamides is 1. The van der Waals surface area contributed by atoms with Crippen molar-refractivity contribution in [1.29, 1.82) is 0 Å². The molecule has 24 heavy (non-hydrogen) atoms. The van der Waals surface area contributed by atoms with Crippen molar-refractivity contribution >= 4 is 10.0 Å². The second kappa shape index (κ2) is 6.25. The van der Waals surface area contributed by atoms with Crippen LogP contribution in [0, 0.1) is 5.92 Å². The van der Waals surface area contributed by atoms with Crippen molar-refractivity contribution in [3.05, 3.63) is 30.6 Å². The fraction of sp³-hybridized carbons (Fsp3) is 0.562. The molecule has 128 valence electrons. The minimum absolute atomic E-state index is 0.177. The summed E-state index contributed by atoms with van der Waals surface area (Å²) in [5, 5.41) is 11.0. The average molecular weight is 347 g/mol. The molecule has 0 spiro atoms. The Balaban J connectivity index is 1.62. The Labute approximate surface area is 141 Å². The second-order valence-corrected chi connectivity index (χ2v) is 8.51. The van der Waals surface area contributed by atoms with Gasteiger partial charge in [-0.1, -0.05) is 12.8 Å². The highest BCUT2D eigenvalue weighted by Crippen LogP contribution is 2.38. The topological polar surface area (TPSA) is 81.0 Å². The Morgan fingerprint density at radius 2 is 1.75 bits per heavy atom. The molecular weight excluding hydrogens is 326 g/mol. The van der Waals surface area contributed by atoms with E-state index in [2.05, 4.69) is 15.5 Å². The maximum absolute atomic E-state index is 13.1. The minimum Gasteiger partial charge on any atom is -0.207 e. The molecule has 1 aromatic heterocycles.